The molecule has 84 valence electrons. The molecule has 0 aromatic carbocycles. The smallest absolute Gasteiger partial charge is 0.310 e. The monoisotopic (exact) mass is 210 g/mol. The van der Waals surface area contributed by atoms with Crippen LogP contribution in [0.1, 0.15) is 20.3 Å². The van der Waals surface area contributed by atoms with E-state index < -0.39 is 12.7 Å². The lowest BCUT2D eigenvalue weighted by atomic mass is 10.1. The van der Waals surface area contributed by atoms with E-state index in [0.717, 1.165) is 13.0 Å². The summed E-state index contributed by atoms with van der Waals surface area (Å²) in [4.78, 5) is 1.47. The lowest BCUT2D eigenvalue weighted by Crippen LogP contribution is -2.48. The van der Waals surface area contributed by atoms with Gasteiger partial charge < -0.3 is 5.32 Å². The van der Waals surface area contributed by atoms with Gasteiger partial charge in [-0.3, -0.25) is 4.90 Å². The number of hydrogen-bond acceptors (Lipinski definition) is 2. The zero-order valence-electron chi connectivity index (χ0n) is 8.62. The fourth-order valence-electron chi connectivity index (χ4n) is 1.81. The number of rotatable bonds is 1. The Labute approximate surface area is 82.5 Å². The Bertz CT molecular complexity index is 189. The third-order valence-electron chi connectivity index (χ3n) is 2.28. The second-order valence-electron chi connectivity index (χ2n) is 4.49. The molecule has 1 aliphatic rings. The Kier molecular flexibility index (Phi) is 3.42. The van der Waals surface area contributed by atoms with Crippen molar-refractivity contribution >= 4 is 0 Å². The second kappa shape index (κ2) is 4.06. The van der Waals surface area contributed by atoms with Gasteiger partial charge in [0.1, 0.15) is 0 Å². The van der Waals surface area contributed by atoms with Crippen molar-refractivity contribution in [2.24, 2.45) is 0 Å². The van der Waals surface area contributed by atoms with E-state index in [1.54, 1.807) is 0 Å². The van der Waals surface area contributed by atoms with E-state index in [1.807, 2.05) is 13.8 Å². The molecule has 1 saturated heterocycles. The number of alkyl halides is 3. The first-order chi connectivity index (χ1) is 6.29. The zero-order valence-corrected chi connectivity index (χ0v) is 8.62. The highest BCUT2D eigenvalue weighted by molar-refractivity contribution is 4.85. The predicted molar refractivity (Wildman–Crippen MR) is 49.2 cm³/mol. The van der Waals surface area contributed by atoms with Crippen molar-refractivity contribution in [2.45, 2.75) is 32.0 Å². The highest BCUT2D eigenvalue weighted by Crippen LogP contribution is 2.19. The quantitative estimate of drug-likeness (QED) is 0.707. The lowest BCUT2D eigenvalue weighted by Gasteiger charge is -2.30. The summed E-state index contributed by atoms with van der Waals surface area (Å²) in [6, 6.07) is 0. The molecule has 1 N–H and O–H groups in total. The first kappa shape index (κ1) is 11.8. The second-order valence-corrected chi connectivity index (χ2v) is 4.49. The van der Waals surface area contributed by atoms with Crippen molar-refractivity contribution in [1.82, 2.24) is 10.2 Å². The average molecular weight is 210 g/mol. The van der Waals surface area contributed by atoms with Gasteiger partial charge in [0, 0.05) is 12.1 Å². The molecule has 0 bridgehead atoms. The maximum absolute atomic E-state index is 12.2. The molecule has 14 heavy (non-hydrogen) atoms. The number of nitrogens with zero attached hydrogens (tertiary/aromatic N) is 1. The topological polar surface area (TPSA) is 15.3 Å². The normalized spacial score (nSPS) is 24.6. The molecule has 2 nitrogen and oxygen atoms in total. The lowest BCUT2D eigenvalue weighted by molar-refractivity contribution is -0.146. The van der Waals surface area contributed by atoms with Crippen LogP contribution in [0.2, 0.25) is 0 Å². The van der Waals surface area contributed by atoms with E-state index in [-0.39, 0.29) is 5.54 Å². The molecular weight excluding hydrogens is 193 g/mol. The van der Waals surface area contributed by atoms with Crippen molar-refractivity contribution in [3.63, 3.8) is 0 Å². The van der Waals surface area contributed by atoms with E-state index in [4.69, 9.17) is 0 Å². The summed E-state index contributed by atoms with van der Waals surface area (Å²) in [6.45, 7) is 4.84. The highest BCUT2D eigenvalue weighted by Gasteiger charge is 2.33. The average Bonchev–Trinajstić information content (AvgIpc) is 2.06. The van der Waals surface area contributed by atoms with Crippen molar-refractivity contribution in [3.8, 4) is 0 Å². The number of nitrogens with one attached hydrogen (secondary N) is 1. The van der Waals surface area contributed by atoms with E-state index in [0.29, 0.717) is 13.1 Å². The van der Waals surface area contributed by atoms with Gasteiger partial charge in [0.05, 0.1) is 6.54 Å². The molecule has 0 spiro atoms. The Morgan fingerprint density at radius 1 is 1.36 bits per heavy atom. The van der Waals surface area contributed by atoms with Gasteiger partial charge in [0.25, 0.3) is 0 Å². The van der Waals surface area contributed by atoms with Crippen LogP contribution in [0.15, 0.2) is 0 Å². The maximum atomic E-state index is 12.2. The summed E-state index contributed by atoms with van der Waals surface area (Å²) in [5.41, 5.74) is -0.220. The summed E-state index contributed by atoms with van der Waals surface area (Å²) in [7, 11) is 0. The molecular formula is C9H17F3N2. The van der Waals surface area contributed by atoms with Gasteiger partial charge in [0.2, 0.25) is 0 Å². The molecule has 0 aliphatic carbocycles. The first-order valence-electron chi connectivity index (χ1n) is 4.83. The number of hydrogen-bond donors (Lipinski definition) is 1. The summed E-state index contributed by atoms with van der Waals surface area (Å²) in [5, 5.41) is 3.23. The van der Waals surface area contributed by atoms with Crippen LogP contribution in [-0.4, -0.2) is 42.8 Å². The number of halogens is 3. The summed E-state index contributed by atoms with van der Waals surface area (Å²) in [6.07, 6.45) is -3.31. The first-order valence-corrected chi connectivity index (χ1v) is 4.83. The van der Waals surface area contributed by atoms with Crippen LogP contribution in [0.25, 0.3) is 0 Å². The SMILES string of the molecule is CC1(C)CN(CC(F)(F)F)CCCN1. The van der Waals surface area contributed by atoms with Crippen molar-refractivity contribution < 1.29 is 13.2 Å². The molecule has 1 heterocycles. The molecule has 0 aromatic heterocycles. The van der Waals surface area contributed by atoms with Crippen LogP contribution < -0.4 is 5.32 Å². The molecule has 1 aliphatic heterocycles. The van der Waals surface area contributed by atoms with E-state index in [1.165, 1.54) is 4.90 Å². The summed E-state index contributed by atoms with van der Waals surface area (Å²) < 4.78 is 36.5. The Morgan fingerprint density at radius 3 is 2.57 bits per heavy atom. The fourth-order valence-corrected chi connectivity index (χ4v) is 1.81. The Morgan fingerprint density at radius 2 is 2.00 bits per heavy atom. The van der Waals surface area contributed by atoms with Gasteiger partial charge in [-0.1, -0.05) is 0 Å². The minimum absolute atomic E-state index is 0.220. The largest absolute Gasteiger partial charge is 0.401 e. The molecule has 0 unspecified atom stereocenters. The third-order valence-corrected chi connectivity index (χ3v) is 2.28. The van der Waals surface area contributed by atoms with Crippen molar-refractivity contribution in [1.29, 1.82) is 0 Å². The molecule has 1 fully saturated rings. The van der Waals surface area contributed by atoms with Gasteiger partial charge >= 0.3 is 6.18 Å². The molecule has 5 heteroatoms. The van der Waals surface area contributed by atoms with E-state index in [2.05, 4.69) is 5.32 Å². The van der Waals surface area contributed by atoms with Crippen LogP contribution in [0, 0.1) is 0 Å². The van der Waals surface area contributed by atoms with Crippen LogP contribution in [-0.2, 0) is 0 Å². The van der Waals surface area contributed by atoms with Gasteiger partial charge in [-0.15, -0.1) is 0 Å². The molecule has 0 saturated carbocycles. The van der Waals surface area contributed by atoms with Crippen molar-refractivity contribution in [2.75, 3.05) is 26.2 Å². The summed E-state index contributed by atoms with van der Waals surface area (Å²) in [5.74, 6) is 0. The maximum Gasteiger partial charge on any atom is 0.401 e. The minimum atomic E-state index is -4.08. The van der Waals surface area contributed by atoms with Crippen molar-refractivity contribution in [3.05, 3.63) is 0 Å². The minimum Gasteiger partial charge on any atom is -0.310 e. The molecule has 0 amide bonds. The van der Waals surface area contributed by atoms with Crippen LogP contribution in [0.5, 0.6) is 0 Å². The molecule has 1 rings (SSSR count). The van der Waals surface area contributed by atoms with Gasteiger partial charge in [-0.2, -0.15) is 13.2 Å². The third kappa shape index (κ3) is 4.28. The summed E-state index contributed by atoms with van der Waals surface area (Å²) >= 11 is 0. The van der Waals surface area contributed by atoms with Gasteiger partial charge in [-0.05, 0) is 33.4 Å². The highest BCUT2D eigenvalue weighted by atomic mass is 19.4. The van der Waals surface area contributed by atoms with Crippen LogP contribution in [0.4, 0.5) is 13.2 Å². The van der Waals surface area contributed by atoms with E-state index >= 15 is 0 Å². The Hall–Kier alpha value is -0.290. The zero-order chi connectivity index (χ0) is 10.8. The van der Waals surface area contributed by atoms with E-state index in [9.17, 15) is 13.2 Å². The molecule has 0 aromatic rings. The van der Waals surface area contributed by atoms with Gasteiger partial charge in [-0.25, -0.2) is 0 Å². The standard InChI is InChI=1S/C9H17F3N2/c1-8(2)6-14(5-3-4-13-8)7-9(10,11)12/h13H,3-7H2,1-2H3. The molecule has 0 radical (unpaired) electrons. The van der Waals surface area contributed by atoms with Gasteiger partial charge in [0.15, 0.2) is 0 Å². The predicted octanol–water partition coefficient (Wildman–Crippen LogP) is 1.62. The Balaban J connectivity index is 2.52. The van der Waals surface area contributed by atoms with Crippen LogP contribution in [0.3, 0.4) is 0 Å². The fraction of sp³-hybridized carbons (Fsp3) is 1.00. The van der Waals surface area contributed by atoms with Crippen LogP contribution >= 0.6 is 0 Å². The molecule has 0 atom stereocenters.